The molecule has 2 fully saturated rings. The van der Waals surface area contributed by atoms with Gasteiger partial charge in [0.15, 0.2) is 5.76 Å². The van der Waals surface area contributed by atoms with Gasteiger partial charge in [-0.1, -0.05) is 18.2 Å². The number of carbonyl (C=O) groups is 4. The largest absolute Gasteiger partial charge is 0.459 e. The van der Waals surface area contributed by atoms with Crippen LogP contribution in [0.15, 0.2) is 47.1 Å². The van der Waals surface area contributed by atoms with Crippen LogP contribution in [-0.4, -0.2) is 90.2 Å². The second-order valence-electron chi connectivity index (χ2n) is 8.51. The number of benzene rings is 1. The molecule has 0 bridgehead atoms. The molecule has 10 nitrogen and oxygen atoms in total. The van der Waals surface area contributed by atoms with Crippen molar-refractivity contribution in [3.63, 3.8) is 0 Å². The normalized spacial score (nSPS) is 19.0. The molecule has 1 aromatic heterocycles. The summed E-state index contributed by atoms with van der Waals surface area (Å²) in [7, 11) is 0. The van der Waals surface area contributed by atoms with Crippen LogP contribution in [0.1, 0.15) is 22.5 Å². The summed E-state index contributed by atoms with van der Waals surface area (Å²) in [6.07, 6.45) is 1.35. The van der Waals surface area contributed by atoms with Gasteiger partial charge in [0, 0.05) is 45.0 Å². The Kier molecular flexibility index (Phi) is 7.27. The van der Waals surface area contributed by atoms with Gasteiger partial charge in [-0.3, -0.25) is 24.1 Å². The van der Waals surface area contributed by atoms with E-state index in [1.807, 2.05) is 30.0 Å². The van der Waals surface area contributed by atoms with Crippen molar-refractivity contribution in [3.8, 4) is 0 Å². The van der Waals surface area contributed by atoms with Crippen molar-refractivity contribution >= 4 is 29.3 Å². The molecule has 1 aromatic carbocycles. The summed E-state index contributed by atoms with van der Waals surface area (Å²) in [5.41, 5.74) is 1.60. The third-order valence-electron chi connectivity index (χ3n) is 6.20. The smallest absolute Gasteiger partial charge is 0.289 e. The number of nitrogens with one attached hydrogen (secondary N) is 2. The topological polar surface area (TPSA) is 115 Å². The van der Waals surface area contributed by atoms with E-state index in [0.717, 1.165) is 5.56 Å². The molecule has 2 aromatic rings. The molecule has 2 aliphatic rings. The second kappa shape index (κ2) is 10.5. The molecule has 0 aliphatic carbocycles. The summed E-state index contributed by atoms with van der Waals surface area (Å²) >= 11 is 0. The van der Waals surface area contributed by atoms with Gasteiger partial charge in [0.1, 0.15) is 6.04 Å². The van der Waals surface area contributed by atoms with E-state index in [1.54, 1.807) is 23.1 Å². The van der Waals surface area contributed by atoms with Gasteiger partial charge < -0.3 is 24.9 Å². The quantitative estimate of drug-likeness (QED) is 0.646. The number of amides is 4. The molecule has 34 heavy (non-hydrogen) atoms. The van der Waals surface area contributed by atoms with Crippen molar-refractivity contribution in [1.29, 1.82) is 0 Å². The van der Waals surface area contributed by atoms with E-state index in [0.29, 0.717) is 50.7 Å². The van der Waals surface area contributed by atoms with Gasteiger partial charge in [0.05, 0.1) is 19.2 Å². The Balaban J connectivity index is 1.32. The number of nitrogens with zero attached hydrogens (tertiary/aromatic N) is 3. The molecule has 3 heterocycles. The van der Waals surface area contributed by atoms with Crippen LogP contribution >= 0.6 is 0 Å². The Hall–Kier alpha value is -3.66. The van der Waals surface area contributed by atoms with Gasteiger partial charge in [-0.15, -0.1) is 0 Å². The Labute approximate surface area is 197 Å². The minimum Gasteiger partial charge on any atom is -0.459 e. The Morgan fingerprint density at radius 1 is 1.06 bits per heavy atom. The maximum absolute atomic E-state index is 13.1. The molecule has 1 atom stereocenters. The summed E-state index contributed by atoms with van der Waals surface area (Å²) in [4.78, 5) is 55.9. The van der Waals surface area contributed by atoms with Crippen LogP contribution < -0.4 is 10.6 Å². The average Bonchev–Trinajstić information content (AvgIpc) is 3.37. The fourth-order valence-electron chi connectivity index (χ4n) is 4.25. The van der Waals surface area contributed by atoms with Crippen LogP contribution in [0.5, 0.6) is 0 Å². The van der Waals surface area contributed by atoms with Crippen LogP contribution in [0.4, 0.5) is 5.69 Å². The summed E-state index contributed by atoms with van der Waals surface area (Å²) in [5.74, 6) is -0.707. The lowest BCUT2D eigenvalue weighted by Crippen LogP contribution is -2.60. The zero-order valence-corrected chi connectivity index (χ0v) is 19.2. The summed E-state index contributed by atoms with van der Waals surface area (Å²) < 4.78 is 5.18. The molecule has 0 saturated carbocycles. The van der Waals surface area contributed by atoms with E-state index < -0.39 is 6.04 Å². The number of aryl methyl sites for hydroxylation is 1. The molecule has 0 radical (unpaired) electrons. The Bertz CT molecular complexity index is 1050. The molecule has 2 N–H and O–H groups in total. The number of hydrogen-bond donors (Lipinski definition) is 2. The minimum atomic E-state index is -0.855. The Morgan fingerprint density at radius 2 is 1.82 bits per heavy atom. The summed E-state index contributed by atoms with van der Waals surface area (Å²) in [5, 5.41) is 5.59. The van der Waals surface area contributed by atoms with Crippen molar-refractivity contribution in [2.45, 2.75) is 19.4 Å². The maximum Gasteiger partial charge on any atom is 0.289 e. The van der Waals surface area contributed by atoms with E-state index in [4.69, 9.17) is 4.42 Å². The lowest BCUT2D eigenvalue weighted by Gasteiger charge is -2.38. The zero-order valence-electron chi connectivity index (χ0n) is 19.2. The van der Waals surface area contributed by atoms with Gasteiger partial charge in [-0.05, 0) is 30.7 Å². The first-order valence-corrected chi connectivity index (χ1v) is 11.4. The van der Waals surface area contributed by atoms with Crippen LogP contribution in [0.2, 0.25) is 0 Å². The molecule has 2 saturated heterocycles. The molecule has 2 aliphatic heterocycles. The molecule has 0 spiro atoms. The number of furan rings is 1. The van der Waals surface area contributed by atoms with E-state index in [2.05, 4.69) is 10.6 Å². The zero-order chi connectivity index (χ0) is 24.1. The molecular weight excluding hydrogens is 438 g/mol. The molecule has 4 amide bonds. The monoisotopic (exact) mass is 467 g/mol. The number of rotatable bonds is 6. The van der Waals surface area contributed by atoms with Gasteiger partial charge >= 0.3 is 0 Å². The maximum atomic E-state index is 13.1. The van der Waals surface area contributed by atoms with Crippen molar-refractivity contribution in [2.75, 3.05) is 51.1 Å². The third-order valence-corrected chi connectivity index (χ3v) is 6.20. The lowest BCUT2D eigenvalue weighted by molar-refractivity contribution is -0.145. The summed E-state index contributed by atoms with van der Waals surface area (Å²) in [6, 6.07) is 9.85. The van der Waals surface area contributed by atoms with E-state index in [-0.39, 0.29) is 36.6 Å². The molecule has 10 heteroatoms. The first kappa shape index (κ1) is 23.5. The molecule has 0 unspecified atom stereocenters. The molecular formula is C24H29N5O5. The van der Waals surface area contributed by atoms with Crippen molar-refractivity contribution in [3.05, 3.63) is 54.0 Å². The van der Waals surface area contributed by atoms with Crippen LogP contribution in [0.25, 0.3) is 0 Å². The highest BCUT2D eigenvalue weighted by atomic mass is 16.3. The summed E-state index contributed by atoms with van der Waals surface area (Å²) in [6.45, 7) is 4.76. The molecule has 4 rings (SSSR count). The SMILES string of the molecule is Cc1ccccc1NC(=O)C[C@@H]1C(=O)NCCN1C(=O)CN1CCN(C(=O)c2ccco2)CC1. The van der Waals surface area contributed by atoms with Crippen molar-refractivity contribution in [1.82, 2.24) is 20.0 Å². The van der Waals surface area contributed by atoms with Crippen molar-refractivity contribution < 1.29 is 23.6 Å². The highest BCUT2D eigenvalue weighted by Gasteiger charge is 2.35. The van der Waals surface area contributed by atoms with Crippen LogP contribution in [0, 0.1) is 6.92 Å². The highest BCUT2D eigenvalue weighted by molar-refractivity contribution is 5.98. The van der Waals surface area contributed by atoms with Crippen molar-refractivity contribution in [2.24, 2.45) is 0 Å². The third kappa shape index (κ3) is 5.45. The highest BCUT2D eigenvalue weighted by Crippen LogP contribution is 2.16. The number of piperazine rings is 2. The average molecular weight is 468 g/mol. The fraction of sp³-hybridized carbons (Fsp3) is 0.417. The number of carbonyl (C=O) groups excluding carboxylic acids is 4. The van der Waals surface area contributed by atoms with Crippen LogP contribution in [-0.2, 0) is 14.4 Å². The van der Waals surface area contributed by atoms with Gasteiger partial charge in [-0.2, -0.15) is 0 Å². The predicted molar refractivity (Wildman–Crippen MR) is 124 cm³/mol. The minimum absolute atomic E-state index is 0.114. The Morgan fingerprint density at radius 3 is 2.53 bits per heavy atom. The number of para-hydroxylation sites is 1. The van der Waals surface area contributed by atoms with Gasteiger partial charge in [-0.25, -0.2) is 0 Å². The number of anilines is 1. The number of hydrogen-bond acceptors (Lipinski definition) is 6. The predicted octanol–water partition coefficient (Wildman–Crippen LogP) is 0.702. The fourth-order valence-corrected chi connectivity index (χ4v) is 4.25. The second-order valence-corrected chi connectivity index (χ2v) is 8.51. The lowest BCUT2D eigenvalue weighted by atomic mass is 10.1. The first-order valence-electron chi connectivity index (χ1n) is 11.4. The van der Waals surface area contributed by atoms with E-state index >= 15 is 0 Å². The molecule has 180 valence electrons. The van der Waals surface area contributed by atoms with E-state index in [9.17, 15) is 19.2 Å². The van der Waals surface area contributed by atoms with Gasteiger partial charge in [0.2, 0.25) is 17.7 Å². The first-order chi connectivity index (χ1) is 16.4. The standard InChI is InChI=1S/C24H29N5O5/c1-17-5-2-3-6-18(17)26-21(30)15-19-23(32)25-8-9-29(19)22(31)16-27-10-12-28(13-11-27)24(33)20-7-4-14-34-20/h2-7,14,19H,8-13,15-16H2,1H3,(H,25,32)(H,26,30)/t19-/m1/s1. The van der Waals surface area contributed by atoms with E-state index in [1.165, 1.54) is 11.2 Å². The van der Waals surface area contributed by atoms with Gasteiger partial charge in [0.25, 0.3) is 5.91 Å². The van der Waals surface area contributed by atoms with Crippen LogP contribution in [0.3, 0.4) is 0 Å².